The molecule has 2 aliphatic rings. The van der Waals surface area contributed by atoms with Crippen molar-refractivity contribution in [3.05, 3.63) is 24.3 Å². The van der Waals surface area contributed by atoms with Gasteiger partial charge in [-0.25, -0.2) is 13.1 Å². The van der Waals surface area contributed by atoms with Gasteiger partial charge >= 0.3 is 0 Å². The molecule has 7 heteroatoms. The molecule has 2 N–H and O–H groups in total. The van der Waals surface area contributed by atoms with E-state index in [1.54, 1.807) is 24.3 Å². The van der Waals surface area contributed by atoms with Crippen molar-refractivity contribution in [2.45, 2.75) is 68.8 Å². The van der Waals surface area contributed by atoms with Crippen LogP contribution in [0.3, 0.4) is 0 Å². The van der Waals surface area contributed by atoms with Crippen molar-refractivity contribution in [2.75, 3.05) is 13.2 Å². The Morgan fingerprint density at radius 3 is 2.46 bits per heavy atom. The first-order valence-electron chi connectivity index (χ1n) is 9.51. The highest BCUT2D eigenvalue weighted by atomic mass is 35.5. The number of rotatable bonds is 6. The van der Waals surface area contributed by atoms with E-state index in [4.69, 9.17) is 4.74 Å². The molecule has 1 aromatic rings. The Morgan fingerprint density at radius 2 is 1.81 bits per heavy atom. The summed E-state index contributed by atoms with van der Waals surface area (Å²) in [6, 6.07) is 7.16. The van der Waals surface area contributed by atoms with Crippen molar-refractivity contribution in [1.29, 1.82) is 0 Å². The maximum Gasteiger partial charge on any atom is 0.240 e. The summed E-state index contributed by atoms with van der Waals surface area (Å²) >= 11 is 0. The van der Waals surface area contributed by atoms with Crippen LogP contribution in [0.2, 0.25) is 0 Å². The fourth-order valence-corrected chi connectivity index (χ4v) is 5.09. The lowest BCUT2D eigenvalue weighted by atomic mass is 9.90. The summed E-state index contributed by atoms with van der Waals surface area (Å²) < 4.78 is 33.8. The van der Waals surface area contributed by atoms with Crippen LogP contribution in [-0.2, 0) is 10.0 Å². The van der Waals surface area contributed by atoms with E-state index < -0.39 is 10.0 Å². The summed E-state index contributed by atoms with van der Waals surface area (Å²) in [5, 5.41) is 3.33. The van der Waals surface area contributed by atoms with Gasteiger partial charge in [-0.1, -0.05) is 19.3 Å². The van der Waals surface area contributed by atoms with Gasteiger partial charge in [-0.05, 0) is 69.3 Å². The van der Waals surface area contributed by atoms with Crippen molar-refractivity contribution < 1.29 is 13.2 Å². The second-order valence-electron chi connectivity index (χ2n) is 7.48. The highest BCUT2D eigenvalue weighted by molar-refractivity contribution is 7.89. The van der Waals surface area contributed by atoms with Crippen LogP contribution in [-0.4, -0.2) is 33.7 Å². The lowest BCUT2D eigenvalue weighted by Crippen LogP contribution is -2.46. The van der Waals surface area contributed by atoms with Crippen LogP contribution in [0.5, 0.6) is 5.75 Å². The molecule has 0 amide bonds. The second-order valence-corrected chi connectivity index (χ2v) is 9.20. The maximum atomic E-state index is 12.6. The zero-order chi connectivity index (χ0) is 17.7. The average Bonchev–Trinajstić information content (AvgIpc) is 2.61. The zero-order valence-electron chi connectivity index (χ0n) is 15.4. The Bertz CT molecular complexity index is 645. The molecule has 1 heterocycles. The number of nitrogens with one attached hydrogen (secondary N) is 2. The van der Waals surface area contributed by atoms with E-state index >= 15 is 0 Å². The number of sulfonamides is 1. The predicted octanol–water partition coefficient (Wildman–Crippen LogP) is 3.49. The Labute approximate surface area is 163 Å². The van der Waals surface area contributed by atoms with Crippen LogP contribution in [0.1, 0.15) is 51.9 Å². The van der Waals surface area contributed by atoms with E-state index in [1.807, 2.05) is 0 Å². The molecular formula is C19H31ClN2O3S. The van der Waals surface area contributed by atoms with Crippen LogP contribution in [0, 0.1) is 5.92 Å². The SMILES string of the molecule is CC1CC(NS(=O)(=O)c2ccc(OCC3CCCCC3)cc2)CCN1.Cl. The minimum atomic E-state index is -3.47. The molecule has 0 bridgehead atoms. The average molecular weight is 403 g/mol. The molecule has 5 nitrogen and oxygen atoms in total. The van der Waals surface area contributed by atoms with Crippen molar-refractivity contribution in [3.8, 4) is 5.75 Å². The normalized spacial score (nSPS) is 24.7. The number of halogens is 1. The molecule has 148 valence electrons. The summed E-state index contributed by atoms with van der Waals surface area (Å²) in [4.78, 5) is 0.309. The monoisotopic (exact) mass is 402 g/mol. The van der Waals surface area contributed by atoms with E-state index in [2.05, 4.69) is 17.0 Å². The van der Waals surface area contributed by atoms with E-state index in [0.717, 1.165) is 31.7 Å². The van der Waals surface area contributed by atoms with Crippen molar-refractivity contribution in [2.24, 2.45) is 5.92 Å². The van der Waals surface area contributed by atoms with Gasteiger partial charge in [-0.3, -0.25) is 0 Å². The van der Waals surface area contributed by atoms with Gasteiger partial charge in [0.15, 0.2) is 0 Å². The van der Waals surface area contributed by atoms with Gasteiger partial charge in [0.1, 0.15) is 5.75 Å². The lowest BCUT2D eigenvalue weighted by molar-refractivity contribution is 0.209. The van der Waals surface area contributed by atoms with E-state index in [1.165, 1.54) is 32.1 Å². The number of hydrogen-bond acceptors (Lipinski definition) is 4. The minimum Gasteiger partial charge on any atom is -0.493 e. The maximum absolute atomic E-state index is 12.6. The number of piperidine rings is 1. The van der Waals surface area contributed by atoms with Gasteiger partial charge in [0.25, 0.3) is 0 Å². The fraction of sp³-hybridized carbons (Fsp3) is 0.684. The number of benzene rings is 1. The van der Waals surface area contributed by atoms with Gasteiger partial charge < -0.3 is 10.1 Å². The molecule has 0 spiro atoms. The lowest BCUT2D eigenvalue weighted by Gasteiger charge is -2.28. The highest BCUT2D eigenvalue weighted by Crippen LogP contribution is 2.25. The number of ether oxygens (including phenoxy) is 1. The van der Waals surface area contributed by atoms with Crippen molar-refractivity contribution >= 4 is 22.4 Å². The molecule has 0 aromatic heterocycles. The second kappa shape index (κ2) is 9.93. The summed E-state index contributed by atoms with van der Waals surface area (Å²) in [5.41, 5.74) is 0. The molecule has 26 heavy (non-hydrogen) atoms. The largest absolute Gasteiger partial charge is 0.493 e. The Kier molecular flexibility index (Phi) is 8.20. The Balaban J connectivity index is 0.00000243. The van der Waals surface area contributed by atoms with E-state index in [0.29, 0.717) is 16.9 Å². The molecular weight excluding hydrogens is 372 g/mol. The highest BCUT2D eigenvalue weighted by Gasteiger charge is 2.24. The van der Waals surface area contributed by atoms with Gasteiger partial charge in [0, 0.05) is 12.1 Å². The molecule has 1 saturated carbocycles. The summed E-state index contributed by atoms with van der Waals surface area (Å²) in [6.07, 6.45) is 8.06. The molecule has 1 aliphatic carbocycles. The molecule has 1 saturated heterocycles. The fourth-order valence-electron chi connectivity index (χ4n) is 3.81. The standard InChI is InChI=1S/C19H30N2O3S.ClH/c1-15-13-17(11-12-20-15)21-25(22,23)19-9-7-18(8-10-19)24-14-16-5-3-2-4-6-16;/h7-10,15-17,20-21H,2-6,11-14H2,1H3;1H. The van der Waals surface area contributed by atoms with E-state index in [-0.39, 0.29) is 18.4 Å². The molecule has 1 aromatic carbocycles. The van der Waals surface area contributed by atoms with Gasteiger partial charge in [0.2, 0.25) is 10.0 Å². The molecule has 2 unspecified atom stereocenters. The van der Waals surface area contributed by atoms with Gasteiger partial charge in [-0.2, -0.15) is 0 Å². The van der Waals surface area contributed by atoms with E-state index in [9.17, 15) is 8.42 Å². The van der Waals surface area contributed by atoms with Crippen LogP contribution < -0.4 is 14.8 Å². The predicted molar refractivity (Wildman–Crippen MR) is 107 cm³/mol. The molecule has 2 atom stereocenters. The van der Waals surface area contributed by atoms with Crippen molar-refractivity contribution in [1.82, 2.24) is 10.0 Å². The third-order valence-electron chi connectivity index (χ3n) is 5.29. The van der Waals surface area contributed by atoms with Crippen LogP contribution in [0.15, 0.2) is 29.2 Å². The van der Waals surface area contributed by atoms with Crippen LogP contribution >= 0.6 is 12.4 Å². The first-order valence-corrected chi connectivity index (χ1v) is 11.0. The first-order chi connectivity index (χ1) is 12.0. The Morgan fingerprint density at radius 1 is 1.12 bits per heavy atom. The molecule has 2 fully saturated rings. The number of hydrogen-bond donors (Lipinski definition) is 2. The molecule has 1 aliphatic heterocycles. The Hall–Kier alpha value is -0.820. The topological polar surface area (TPSA) is 67.4 Å². The quantitative estimate of drug-likeness (QED) is 0.764. The third-order valence-corrected chi connectivity index (χ3v) is 6.83. The summed E-state index contributed by atoms with van der Waals surface area (Å²) in [5.74, 6) is 1.39. The smallest absolute Gasteiger partial charge is 0.240 e. The summed E-state index contributed by atoms with van der Waals surface area (Å²) in [6.45, 7) is 3.67. The van der Waals surface area contributed by atoms with Gasteiger partial charge in [0.05, 0.1) is 11.5 Å². The summed E-state index contributed by atoms with van der Waals surface area (Å²) in [7, 11) is -3.47. The third kappa shape index (κ3) is 6.12. The van der Waals surface area contributed by atoms with Crippen molar-refractivity contribution in [3.63, 3.8) is 0 Å². The zero-order valence-corrected chi connectivity index (χ0v) is 17.1. The molecule has 3 rings (SSSR count). The minimum absolute atomic E-state index is 0. The van der Waals surface area contributed by atoms with Gasteiger partial charge in [-0.15, -0.1) is 12.4 Å². The molecule has 0 radical (unpaired) electrons. The first kappa shape index (κ1) is 21.5. The van der Waals surface area contributed by atoms with Crippen LogP contribution in [0.4, 0.5) is 0 Å². The van der Waals surface area contributed by atoms with Crippen LogP contribution in [0.25, 0.3) is 0 Å².